The lowest BCUT2D eigenvalue weighted by Crippen LogP contribution is -2.44. The maximum Gasteiger partial charge on any atom is 0.248 e. The van der Waals surface area contributed by atoms with Crippen molar-refractivity contribution < 1.29 is 9.90 Å². The number of aliphatic hydroxyl groups excluding tert-OH is 1. The number of amides is 1. The van der Waals surface area contributed by atoms with E-state index in [0.29, 0.717) is 23.3 Å². The van der Waals surface area contributed by atoms with Gasteiger partial charge in [-0.3, -0.25) is 9.69 Å². The summed E-state index contributed by atoms with van der Waals surface area (Å²) < 4.78 is 0. The molecule has 1 amide bonds. The first kappa shape index (κ1) is 13.4. The van der Waals surface area contributed by atoms with Crippen molar-refractivity contribution >= 4 is 11.6 Å². The highest BCUT2D eigenvalue weighted by molar-refractivity contribution is 5.93. The molecule has 108 valence electrons. The lowest BCUT2D eigenvalue weighted by atomic mass is 9.98. The summed E-state index contributed by atoms with van der Waals surface area (Å²) in [5.74, 6) is -0.454. The minimum Gasteiger partial charge on any atom is -0.398 e. The second-order valence-electron chi connectivity index (χ2n) is 5.96. The number of primary amides is 1. The van der Waals surface area contributed by atoms with Gasteiger partial charge in [0.05, 0.1) is 6.10 Å². The third kappa shape index (κ3) is 2.39. The van der Waals surface area contributed by atoms with E-state index in [0.717, 1.165) is 37.8 Å². The van der Waals surface area contributed by atoms with Gasteiger partial charge in [-0.2, -0.15) is 0 Å². The van der Waals surface area contributed by atoms with Crippen molar-refractivity contribution in [3.8, 4) is 0 Å². The van der Waals surface area contributed by atoms with Crippen LogP contribution in [0.15, 0.2) is 18.2 Å². The highest BCUT2D eigenvalue weighted by atomic mass is 16.3. The number of anilines is 1. The molecule has 2 bridgehead atoms. The van der Waals surface area contributed by atoms with Crippen molar-refractivity contribution in [2.45, 2.75) is 50.4 Å². The Morgan fingerprint density at radius 3 is 2.50 bits per heavy atom. The second kappa shape index (κ2) is 5.07. The fourth-order valence-corrected chi connectivity index (χ4v) is 3.59. The number of aliphatic hydroxyl groups is 1. The number of nitrogen functional groups attached to an aromatic ring is 1. The molecule has 1 aromatic rings. The molecule has 2 fully saturated rings. The minimum atomic E-state index is -0.454. The Balaban J connectivity index is 1.77. The summed E-state index contributed by atoms with van der Waals surface area (Å²) >= 11 is 0. The molecule has 5 N–H and O–H groups in total. The van der Waals surface area contributed by atoms with Crippen LogP contribution in [0, 0.1) is 0 Å². The number of nitrogens with zero attached hydrogens (tertiary/aromatic N) is 1. The van der Waals surface area contributed by atoms with Crippen LogP contribution in [-0.4, -0.2) is 34.1 Å². The van der Waals surface area contributed by atoms with Gasteiger partial charge in [0.25, 0.3) is 0 Å². The second-order valence-corrected chi connectivity index (χ2v) is 5.96. The van der Waals surface area contributed by atoms with E-state index in [9.17, 15) is 9.90 Å². The highest BCUT2D eigenvalue weighted by Crippen LogP contribution is 2.37. The predicted molar refractivity (Wildman–Crippen MR) is 77.0 cm³/mol. The van der Waals surface area contributed by atoms with E-state index in [2.05, 4.69) is 4.90 Å². The van der Waals surface area contributed by atoms with E-state index < -0.39 is 5.91 Å². The maximum atomic E-state index is 11.1. The van der Waals surface area contributed by atoms with Crippen LogP contribution >= 0.6 is 0 Å². The molecule has 0 aliphatic carbocycles. The summed E-state index contributed by atoms with van der Waals surface area (Å²) in [6.45, 7) is 0.785. The quantitative estimate of drug-likeness (QED) is 0.713. The standard InChI is InChI=1S/C15H21N3O2/c16-14-5-9(15(17)20)1-2-10(14)8-18-11-3-4-12(18)7-13(19)6-11/h1-2,5,11-13,19H,3-4,6-8,16H2,(H2,17,20). The van der Waals surface area contributed by atoms with E-state index in [1.165, 1.54) is 0 Å². The van der Waals surface area contributed by atoms with Gasteiger partial charge in [-0.15, -0.1) is 0 Å². The molecule has 0 spiro atoms. The molecule has 20 heavy (non-hydrogen) atoms. The van der Waals surface area contributed by atoms with Crippen molar-refractivity contribution in [2.75, 3.05) is 5.73 Å². The summed E-state index contributed by atoms with van der Waals surface area (Å²) in [7, 11) is 0. The van der Waals surface area contributed by atoms with Crippen LogP contribution in [0.1, 0.15) is 41.6 Å². The maximum absolute atomic E-state index is 11.1. The summed E-state index contributed by atoms with van der Waals surface area (Å²) in [6.07, 6.45) is 3.87. The lowest BCUT2D eigenvalue weighted by molar-refractivity contribution is 0.0311. The fraction of sp³-hybridized carbons (Fsp3) is 0.533. The predicted octanol–water partition coefficient (Wildman–Crippen LogP) is 0.855. The average molecular weight is 275 g/mol. The van der Waals surface area contributed by atoms with Crippen molar-refractivity contribution in [1.82, 2.24) is 4.90 Å². The van der Waals surface area contributed by atoms with Crippen LogP contribution in [0.3, 0.4) is 0 Å². The van der Waals surface area contributed by atoms with Gasteiger partial charge in [0, 0.05) is 29.9 Å². The van der Waals surface area contributed by atoms with Crippen LogP contribution in [0.25, 0.3) is 0 Å². The normalized spacial score (nSPS) is 29.6. The number of nitrogens with two attached hydrogens (primary N) is 2. The van der Waals surface area contributed by atoms with Crippen LogP contribution in [-0.2, 0) is 6.54 Å². The largest absolute Gasteiger partial charge is 0.398 e. The zero-order chi connectivity index (χ0) is 14.3. The molecule has 0 aromatic heterocycles. The number of benzene rings is 1. The molecule has 2 unspecified atom stereocenters. The number of piperidine rings is 1. The zero-order valence-corrected chi connectivity index (χ0v) is 11.5. The molecular weight excluding hydrogens is 254 g/mol. The number of fused-ring (bicyclic) bond motifs is 2. The zero-order valence-electron chi connectivity index (χ0n) is 11.5. The van der Waals surface area contributed by atoms with Crippen molar-refractivity contribution in [1.29, 1.82) is 0 Å². The van der Waals surface area contributed by atoms with Gasteiger partial charge in [-0.25, -0.2) is 0 Å². The molecule has 0 radical (unpaired) electrons. The van der Waals surface area contributed by atoms with Gasteiger partial charge < -0.3 is 16.6 Å². The lowest BCUT2D eigenvalue weighted by Gasteiger charge is -2.37. The molecule has 2 atom stereocenters. The molecule has 3 rings (SSSR count). The average Bonchev–Trinajstić information content (AvgIpc) is 2.63. The van der Waals surface area contributed by atoms with E-state index >= 15 is 0 Å². The Labute approximate surface area is 118 Å². The van der Waals surface area contributed by atoms with Gasteiger partial charge in [0.2, 0.25) is 5.91 Å². The molecule has 2 heterocycles. The minimum absolute atomic E-state index is 0.154. The fourth-order valence-electron chi connectivity index (χ4n) is 3.59. The Bertz CT molecular complexity index is 518. The molecule has 5 nitrogen and oxygen atoms in total. The van der Waals surface area contributed by atoms with E-state index in [1.54, 1.807) is 12.1 Å². The first-order valence-electron chi connectivity index (χ1n) is 7.16. The molecule has 5 heteroatoms. The summed E-state index contributed by atoms with van der Waals surface area (Å²) in [5.41, 5.74) is 13.4. The number of carbonyl (C=O) groups is 1. The number of hydrogen-bond donors (Lipinski definition) is 3. The van der Waals surface area contributed by atoms with Gasteiger partial charge in [0.15, 0.2) is 0 Å². The SMILES string of the molecule is NC(=O)c1ccc(CN2C3CCC2CC(O)C3)c(N)c1. The van der Waals surface area contributed by atoms with Gasteiger partial charge in [0.1, 0.15) is 0 Å². The first-order valence-corrected chi connectivity index (χ1v) is 7.16. The van der Waals surface area contributed by atoms with Gasteiger partial charge in [-0.05, 0) is 43.4 Å². The van der Waals surface area contributed by atoms with E-state index in [-0.39, 0.29) is 6.10 Å². The van der Waals surface area contributed by atoms with E-state index in [4.69, 9.17) is 11.5 Å². The molecule has 2 saturated heterocycles. The molecule has 0 saturated carbocycles. The Hall–Kier alpha value is -1.59. The van der Waals surface area contributed by atoms with Crippen LogP contribution < -0.4 is 11.5 Å². The highest BCUT2D eigenvalue weighted by Gasteiger charge is 2.40. The van der Waals surface area contributed by atoms with Crippen LogP contribution in [0.4, 0.5) is 5.69 Å². The van der Waals surface area contributed by atoms with Crippen molar-refractivity contribution in [2.24, 2.45) is 5.73 Å². The van der Waals surface area contributed by atoms with Crippen molar-refractivity contribution in [3.63, 3.8) is 0 Å². The summed E-state index contributed by atoms with van der Waals surface area (Å²) in [5, 5.41) is 9.82. The molecule has 2 aliphatic heterocycles. The number of rotatable bonds is 3. The monoisotopic (exact) mass is 275 g/mol. The topological polar surface area (TPSA) is 92.6 Å². The van der Waals surface area contributed by atoms with Crippen LogP contribution in [0.5, 0.6) is 0 Å². The number of hydrogen-bond acceptors (Lipinski definition) is 4. The smallest absolute Gasteiger partial charge is 0.248 e. The van der Waals surface area contributed by atoms with E-state index in [1.807, 2.05) is 6.07 Å². The Morgan fingerprint density at radius 2 is 1.95 bits per heavy atom. The van der Waals surface area contributed by atoms with Crippen LogP contribution in [0.2, 0.25) is 0 Å². The van der Waals surface area contributed by atoms with Gasteiger partial charge >= 0.3 is 0 Å². The first-order chi connectivity index (χ1) is 9.54. The molecule has 2 aliphatic rings. The Morgan fingerprint density at radius 1 is 1.30 bits per heavy atom. The molecular formula is C15H21N3O2. The molecule has 1 aromatic carbocycles. The van der Waals surface area contributed by atoms with Gasteiger partial charge in [-0.1, -0.05) is 6.07 Å². The Kier molecular flexibility index (Phi) is 3.40. The van der Waals surface area contributed by atoms with Crippen molar-refractivity contribution in [3.05, 3.63) is 29.3 Å². The third-order valence-corrected chi connectivity index (χ3v) is 4.64. The summed E-state index contributed by atoms with van der Waals surface area (Å²) in [4.78, 5) is 13.6. The number of carbonyl (C=O) groups excluding carboxylic acids is 1. The summed E-state index contributed by atoms with van der Waals surface area (Å²) in [6, 6.07) is 6.19. The third-order valence-electron chi connectivity index (χ3n) is 4.64.